The van der Waals surface area contributed by atoms with Gasteiger partial charge in [0.05, 0.1) is 18.3 Å². The highest BCUT2D eigenvalue weighted by Gasteiger charge is 2.42. The highest BCUT2D eigenvalue weighted by Crippen LogP contribution is 2.42. The number of hydrogen-bond donors (Lipinski definition) is 0. The van der Waals surface area contributed by atoms with E-state index in [4.69, 9.17) is 9.47 Å². The van der Waals surface area contributed by atoms with Gasteiger partial charge in [-0.05, 0) is 18.6 Å². The number of rotatable bonds is 4. The fourth-order valence-electron chi connectivity index (χ4n) is 3.56. The van der Waals surface area contributed by atoms with Gasteiger partial charge in [-0.2, -0.15) is 0 Å². The summed E-state index contributed by atoms with van der Waals surface area (Å²) in [7, 11) is 0. The first-order chi connectivity index (χ1) is 12.0. The maximum absolute atomic E-state index is 12.9. The zero-order valence-corrected chi connectivity index (χ0v) is 14.4. The molecule has 2 heterocycles. The van der Waals surface area contributed by atoms with Gasteiger partial charge in [0.25, 0.3) is 0 Å². The van der Waals surface area contributed by atoms with Gasteiger partial charge in [-0.1, -0.05) is 18.2 Å². The second-order valence-corrected chi connectivity index (χ2v) is 6.20. The first-order valence-corrected chi connectivity index (χ1v) is 8.51. The first kappa shape index (κ1) is 17.3. The van der Waals surface area contributed by atoms with Crippen LogP contribution < -0.4 is 4.90 Å². The third kappa shape index (κ3) is 3.45. The van der Waals surface area contributed by atoms with Crippen LogP contribution in [0.1, 0.15) is 38.3 Å². The van der Waals surface area contributed by atoms with E-state index in [1.807, 2.05) is 24.3 Å². The van der Waals surface area contributed by atoms with Gasteiger partial charge >= 0.3 is 18.0 Å². The predicted octanol–water partition coefficient (Wildman–Crippen LogP) is 2.26. The number of hydrogen-bond acceptors (Lipinski definition) is 5. The Balaban J connectivity index is 1.89. The molecular weight excluding hydrogens is 324 g/mol. The summed E-state index contributed by atoms with van der Waals surface area (Å²) >= 11 is 0. The second kappa shape index (κ2) is 7.13. The van der Waals surface area contributed by atoms with Gasteiger partial charge in [0.15, 0.2) is 0 Å². The molecule has 0 aromatic heterocycles. The Morgan fingerprint density at radius 2 is 2.04 bits per heavy atom. The lowest BCUT2D eigenvalue weighted by Crippen LogP contribution is -2.54. The van der Waals surface area contributed by atoms with E-state index >= 15 is 0 Å². The molecule has 0 saturated carbocycles. The van der Waals surface area contributed by atoms with Crippen molar-refractivity contribution in [1.82, 2.24) is 4.90 Å². The molecule has 1 saturated heterocycles. The molecule has 0 unspecified atom stereocenters. The standard InChI is InChI=1S/C18H22N2O5/c1-3-24-17(22)11-20-15-7-5-4-6-14(15)16-10-13(25-12(2)21)8-9-19(16)18(20)23/h4-7,13,16H,3,8-11H2,1-2H3/t13-,16+/m1/s1. The number of fused-ring (bicyclic) bond motifs is 3. The molecule has 2 atom stereocenters. The SMILES string of the molecule is CCOC(=O)CN1C(=O)N2CC[C@@H](OC(C)=O)C[C@H]2c2ccccc21. The van der Waals surface area contributed by atoms with E-state index in [2.05, 4.69) is 0 Å². The van der Waals surface area contributed by atoms with E-state index in [1.54, 1.807) is 11.8 Å². The van der Waals surface area contributed by atoms with E-state index in [0.29, 0.717) is 25.1 Å². The van der Waals surface area contributed by atoms with Crippen molar-refractivity contribution in [2.24, 2.45) is 0 Å². The lowest BCUT2D eigenvalue weighted by atomic mass is 9.90. The molecule has 0 N–H and O–H groups in total. The summed E-state index contributed by atoms with van der Waals surface area (Å²) < 4.78 is 10.3. The van der Waals surface area contributed by atoms with Crippen molar-refractivity contribution >= 4 is 23.7 Å². The number of urea groups is 1. The highest BCUT2D eigenvalue weighted by molar-refractivity contribution is 5.99. The van der Waals surface area contributed by atoms with Crippen molar-refractivity contribution in [2.75, 3.05) is 24.6 Å². The maximum Gasteiger partial charge on any atom is 0.326 e. The molecule has 0 spiro atoms. The van der Waals surface area contributed by atoms with E-state index < -0.39 is 5.97 Å². The molecule has 2 aliphatic rings. The van der Waals surface area contributed by atoms with E-state index in [9.17, 15) is 14.4 Å². The van der Waals surface area contributed by atoms with Crippen LogP contribution in [0, 0.1) is 0 Å². The smallest absolute Gasteiger partial charge is 0.326 e. The summed E-state index contributed by atoms with van der Waals surface area (Å²) in [5.41, 5.74) is 1.67. The topological polar surface area (TPSA) is 76.2 Å². The van der Waals surface area contributed by atoms with E-state index in [-0.39, 0.29) is 37.3 Å². The maximum atomic E-state index is 12.9. The third-order valence-electron chi connectivity index (χ3n) is 4.54. The van der Waals surface area contributed by atoms with Crippen molar-refractivity contribution in [2.45, 2.75) is 38.8 Å². The van der Waals surface area contributed by atoms with Crippen LogP contribution >= 0.6 is 0 Å². The highest BCUT2D eigenvalue weighted by atomic mass is 16.5. The van der Waals surface area contributed by atoms with E-state index in [0.717, 1.165) is 5.56 Å². The molecular formula is C18H22N2O5. The Bertz CT molecular complexity index is 690. The Labute approximate surface area is 146 Å². The van der Waals surface area contributed by atoms with Crippen molar-refractivity contribution in [3.05, 3.63) is 29.8 Å². The number of carbonyl (C=O) groups excluding carboxylic acids is 3. The molecule has 1 aromatic carbocycles. The zero-order chi connectivity index (χ0) is 18.0. The van der Waals surface area contributed by atoms with Crippen LogP contribution in [0.3, 0.4) is 0 Å². The first-order valence-electron chi connectivity index (χ1n) is 8.51. The minimum atomic E-state index is -0.432. The fraction of sp³-hybridized carbons (Fsp3) is 0.500. The number of nitrogens with zero attached hydrogens (tertiary/aromatic N) is 2. The van der Waals surface area contributed by atoms with Gasteiger partial charge in [-0.25, -0.2) is 4.79 Å². The second-order valence-electron chi connectivity index (χ2n) is 6.20. The summed E-state index contributed by atoms with van der Waals surface area (Å²) in [4.78, 5) is 39.3. The van der Waals surface area contributed by atoms with Crippen LogP contribution in [-0.4, -0.2) is 48.7 Å². The number of anilines is 1. The molecule has 1 fully saturated rings. The Morgan fingerprint density at radius 1 is 1.28 bits per heavy atom. The molecule has 0 aliphatic carbocycles. The van der Waals surface area contributed by atoms with Crippen LogP contribution in [0.5, 0.6) is 0 Å². The summed E-state index contributed by atoms with van der Waals surface area (Å²) in [5, 5.41) is 0. The lowest BCUT2D eigenvalue weighted by Gasteiger charge is -2.46. The molecule has 2 amide bonds. The molecule has 7 nitrogen and oxygen atoms in total. The number of amides is 2. The van der Waals surface area contributed by atoms with Crippen molar-refractivity contribution in [1.29, 1.82) is 0 Å². The lowest BCUT2D eigenvalue weighted by molar-refractivity contribution is -0.149. The van der Waals surface area contributed by atoms with Crippen LogP contribution in [0.4, 0.5) is 10.5 Å². The normalized spacial score (nSPS) is 22.1. The summed E-state index contributed by atoms with van der Waals surface area (Å²) in [6, 6.07) is 7.17. The van der Waals surface area contributed by atoms with Gasteiger partial charge in [-0.15, -0.1) is 0 Å². The summed E-state index contributed by atoms with van der Waals surface area (Å²) in [6.07, 6.45) is 0.962. The molecule has 2 aliphatic heterocycles. The average molecular weight is 346 g/mol. The molecule has 134 valence electrons. The number of esters is 2. The van der Waals surface area contributed by atoms with Gasteiger partial charge in [-0.3, -0.25) is 14.5 Å². The Hall–Kier alpha value is -2.57. The number of ether oxygens (including phenoxy) is 2. The predicted molar refractivity (Wildman–Crippen MR) is 90.1 cm³/mol. The zero-order valence-electron chi connectivity index (χ0n) is 14.4. The average Bonchev–Trinajstić information content (AvgIpc) is 2.58. The number of carbonyl (C=O) groups is 3. The molecule has 0 radical (unpaired) electrons. The summed E-state index contributed by atoms with van der Waals surface area (Å²) in [6.45, 7) is 3.78. The number of para-hydroxylation sites is 1. The van der Waals surface area contributed by atoms with E-state index in [1.165, 1.54) is 11.8 Å². The number of benzene rings is 1. The van der Waals surface area contributed by atoms with Crippen molar-refractivity contribution in [3.63, 3.8) is 0 Å². The molecule has 3 rings (SSSR count). The largest absolute Gasteiger partial charge is 0.465 e. The van der Waals surface area contributed by atoms with Crippen molar-refractivity contribution in [3.8, 4) is 0 Å². The quantitative estimate of drug-likeness (QED) is 0.782. The minimum Gasteiger partial charge on any atom is -0.465 e. The van der Waals surface area contributed by atoms with Crippen LogP contribution in [0.25, 0.3) is 0 Å². The fourth-order valence-corrected chi connectivity index (χ4v) is 3.56. The molecule has 1 aromatic rings. The van der Waals surface area contributed by atoms with Crippen LogP contribution in [0.2, 0.25) is 0 Å². The van der Waals surface area contributed by atoms with Gasteiger partial charge in [0.2, 0.25) is 0 Å². The van der Waals surface area contributed by atoms with Crippen molar-refractivity contribution < 1.29 is 23.9 Å². The van der Waals surface area contributed by atoms with Gasteiger partial charge in [0.1, 0.15) is 12.6 Å². The minimum absolute atomic E-state index is 0.111. The molecule has 0 bridgehead atoms. The molecule has 25 heavy (non-hydrogen) atoms. The third-order valence-corrected chi connectivity index (χ3v) is 4.54. The van der Waals surface area contributed by atoms with Crippen LogP contribution in [0.15, 0.2) is 24.3 Å². The van der Waals surface area contributed by atoms with Gasteiger partial charge < -0.3 is 14.4 Å². The Morgan fingerprint density at radius 3 is 2.76 bits per heavy atom. The monoisotopic (exact) mass is 346 g/mol. The van der Waals surface area contributed by atoms with Crippen LogP contribution in [-0.2, 0) is 19.1 Å². The Kier molecular flexibility index (Phi) is 4.92. The number of piperidine rings is 1. The van der Waals surface area contributed by atoms with Gasteiger partial charge in [0, 0.05) is 26.3 Å². The summed E-state index contributed by atoms with van der Waals surface area (Å²) in [5.74, 6) is -0.739. The molecule has 7 heteroatoms.